The molecule has 0 radical (unpaired) electrons. The van der Waals surface area contributed by atoms with Gasteiger partial charge in [0.25, 0.3) is 22.3 Å². The molecule has 0 bridgehead atoms. The number of aryl methyl sites for hydroxylation is 2. The molecule has 20 nitrogen and oxygen atoms in total. The van der Waals surface area contributed by atoms with Crippen LogP contribution >= 0.6 is 11.6 Å². The number of carbonyl (C=O) groups excluding carboxylic acids is 2. The first-order valence-corrected chi connectivity index (χ1v) is 24.9. The van der Waals surface area contributed by atoms with E-state index < -0.39 is 47.4 Å². The summed E-state index contributed by atoms with van der Waals surface area (Å²) in [6.07, 6.45) is 1.96. The molecule has 23 heteroatoms. The van der Waals surface area contributed by atoms with Gasteiger partial charge in [0.1, 0.15) is 0 Å². The molecule has 0 aliphatic heterocycles. The topological polar surface area (TPSA) is 264 Å². The van der Waals surface area contributed by atoms with Gasteiger partial charge in [0.2, 0.25) is 30.0 Å². The number of benzene rings is 4. The molecule has 0 aliphatic carbocycles. The van der Waals surface area contributed by atoms with E-state index >= 15 is 0 Å². The molecule has 0 atom stereocenters. The van der Waals surface area contributed by atoms with Gasteiger partial charge in [-0.3, -0.25) is 37.4 Å². The highest BCUT2D eigenvalue weighted by Gasteiger charge is 2.25. The predicted molar refractivity (Wildman–Crippen MR) is 269 cm³/mol. The maximum absolute atomic E-state index is 12.7. The number of hydrogen-bond acceptors (Lipinski definition) is 13. The number of rotatable bonds is 7. The molecule has 0 saturated heterocycles. The normalized spacial score (nSPS) is 11.0. The van der Waals surface area contributed by atoms with E-state index in [4.69, 9.17) is 17.3 Å². The van der Waals surface area contributed by atoms with Crippen molar-refractivity contribution in [3.8, 4) is 23.7 Å². The smallest absolute Gasteiger partial charge is 0.333 e. The van der Waals surface area contributed by atoms with Gasteiger partial charge in [-0.15, -0.1) is 0 Å². The van der Waals surface area contributed by atoms with Crippen LogP contribution in [-0.2, 0) is 61.0 Å². The SMILES string of the molecule is Cn1c(=O)c2c(nc(S(C)(=O)=O)n2C)n(CC#Cc2cccc(N)c2)c1=O.Cn1c(=O)c2c(nc(S(C)(=O)=O)n2C)n(CC#Cc2cccc(NC(=O)c3ccccc3)c2)c1=O.O=C(Cl)c1ccccc1. The highest BCUT2D eigenvalue weighted by Crippen LogP contribution is 2.16. The van der Waals surface area contributed by atoms with Crippen LogP contribution in [0.4, 0.5) is 11.4 Å². The van der Waals surface area contributed by atoms with Crippen LogP contribution in [0.15, 0.2) is 139 Å². The zero-order chi connectivity index (χ0) is 51.9. The first-order valence-electron chi connectivity index (χ1n) is 20.8. The average molecular weight is 1020 g/mol. The van der Waals surface area contributed by atoms with Crippen molar-refractivity contribution >= 4 is 76.1 Å². The minimum atomic E-state index is -3.74. The molecule has 3 N–H and O–H groups in total. The lowest BCUT2D eigenvalue weighted by atomic mass is 10.2. The second-order valence-electron chi connectivity index (χ2n) is 15.5. The lowest BCUT2D eigenvalue weighted by Gasteiger charge is -2.06. The molecule has 4 aromatic heterocycles. The van der Waals surface area contributed by atoms with E-state index in [0.717, 1.165) is 30.8 Å². The summed E-state index contributed by atoms with van der Waals surface area (Å²) in [5.41, 5.74) is 6.48. The van der Waals surface area contributed by atoms with Gasteiger partial charge < -0.3 is 20.2 Å². The van der Waals surface area contributed by atoms with E-state index in [0.29, 0.717) is 33.6 Å². The van der Waals surface area contributed by atoms with Gasteiger partial charge in [-0.1, -0.05) is 84.3 Å². The van der Waals surface area contributed by atoms with E-state index in [1.807, 2.05) is 12.1 Å². The van der Waals surface area contributed by atoms with Crippen LogP contribution in [0.25, 0.3) is 22.3 Å². The van der Waals surface area contributed by atoms with Crippen LogP contribution in [0.3, 0.4) is 0 Å². The Morgan fingerprint density at radius 2 is 1.01 bits per heavy atom. The van der Waals surface area contributed by atoms with Crippen molar-refractivity contribution in [1.29, 1.82) is 0 Å². The van der Waals surface area contributed by atoms with Gasteiger partial charge in [-0.2, -0.15) is 9.97 Å². The van der Waals surface area contributed by atoms with E-state index in [1.54, 1.807) is 97.1 Å². The predicted octanol–water partition coefficient (Wildman–Crippen LogP) is 2.68. The number of halogens is 1. The zero-order valence-corrected chi connectivity index (χ0v) is 41.1. The molecular weight excluding hydrogens is 976 g/mol. The molecule has 1 amide bonds. The molecular formula is C48H43ClN10O10S2. The van der Waals surface area contributed by atoms with Crippen molar-refractivity contribution in [2.24, 2.45) is 28.2 Å². The van der Waals surface area contributed by atoms with Gasteiger partial charge in [0, 0.05) is 74.3 Å². The van der Waals surface area contributed by atoms with Gasteiger partial charge in [0.15, 0.2) is 22.3 Å². The average Bonchev–Trinajstić information content (AvgIpc) is 3.88. The highest BCUT2D eigenvalue weighted by molar-refractivity contribution is 7.90. The molecule has 4 aromatic carbocycles. The first kappa shape index (κ1) is 51.8. The zero-order valence-electron chi connectivity index (χ0n) is 38.7. The second kappa shape index (κ2) is 21.4. The Morgan fingerprint density at radius 3 is 1.42 bits per heavy atom. The van der Waals surface area contributed by atoms with Gasteiger partial charge in [0.05, 0.1) is 13.1 Å². The minimum absolute atomic E-state index is 0.0139. The number of hydrogen-bond donors (Lipinski definition) is 2. The number of fused-ring (bicyclic) bond motifs is 2. The van der Waals surface area contributed by atoms with E-state index in [-0.39, 0.29) is 51.6 Å². The number of carbonyl (C=O) groups is 2. The van der Waals surface area contributed by atoms with Crippen LogP contribution in [-0.4, -0.2) is 77.9 Å². The third kappa shape index (κ3) is 11.8. The summed E-state index contributed by atoms with van der Waals surface area (Å²) in [6, 6.07) is 31.4. The van der Waals surface area contributed by atoms with Crippen molar-refractivity contribution in [3.63, 3.8) is 0 Å². The number of sulfone groups is 2. The maximum atomic E-state index is 12.7. The third-order valence-electron chi connectivity index (χ3n) is 10.3. The van der Waals surface area contributed by atoms with Gasteiger partial charge in [-0.05, 0) is 60.1 Å². The van der Waals surface area contributed by atoms with Crippen LogP contribution in [0.2, 0.25) is 0 Å². The van der Waals surface area contributed by atoms with Crippen molar-refractivity contribution in [3.05, 3.63) is 173 Å². The third-order valence-corrected chi connectivity index (χ3v) is 12.6. The van der Waals surface area contributed by atoms with Gasteiger partial charge in [-0.25, -0.2) is 26.4 Å². The fourth-order valence-electron chi connectivity index (χ4n) is 6.86. The summed E-state index contributed by atoms with van der Waals surface area (Å²) in [7, 11) is -1.97. The molecule has 0 unspecified atom stereocenters. The summed E-state index contributed by atoms with van der Waals surface area (Å²) in [5.74, 6) is 11.2. The number of nitrogen functional groups attached to an aromatic ring is 1. The largest absolute Gasteiger partial charge is 0.399 e. The highest BCUT2D eigenvalue weighted by atomic mass is 35.5. The van der Waals surface area contributed by atoms with Crippen LogP contribution in [0.5, 0.6) is 0 Å². The number of imidazole rings is 2. The van der Waals surface area contributed by atoms with Crippen molar-refractivity contribution < 1.29 is 26.4 Å². The molecule has 364 valence electrons. The fraction of sp³-hybridized carbons (Fsp3) is 0.167. The molecule has 71 heavy (non-hydrogen) atoms. The Balaban J connectivity index is 0.000000202. The summed E-state index contributed by atoms with van der Waals surface area (Å²) >= 11 is 5.16. The first-order chi connectivity index (χ1) is 33.5. The van der Waals surface area contributed by atoms with Gasteiger partial charge >= 0.3 is 11.4 Å². The van der Waals surface area contributed by atoms with Crippen molar-refractivity contribution in [2.75, 3.05) is 23.6 Å². The van der Waals surface area contributed by atoms with Crippen molar-refractivity contribution in [2.45, 2.75) is 23.4 Å². The fourth-order valence-corrected chi connectivity index (χ4v) is 8.67. The molecule has 0 saturated carbocycles. The Labute approximate surface area is 410 Å². The number of aromatic nitrogens is 8. The standard InChI is InChI=1S/C24H21N5O5S.C17H17N5O4S.C7H5ClO/c1-27-19-20(26-23(27)35(3,33)34)29(24(32)28(2)22(19)31)14-8-10-16-9-7-13-18(15-16)25-21(30)17-11-5-4-6-12-17;1-20-13-14(19-16(20)27(3,25)26)22(17(24)21(2)15(13)23)9-5-7-11-6-4-8-12(18)10-11;8-7(9)6-4-2-1-3-5-6/h4-7,9,11-13,15H,14H2,1-3H3,(H,25,30);4,6,8,10H,9,18H2,1-3H3;1-5H. The molecule has 0 aliphatic rings. The second-order valence-corrected chi connectivity index (χ2v) is 19.7. The summed E-state index contributed by atoms with van der Waals surface area (Å²) in [6.45, 7) is -0.206. The Morgan fingerprint density at radius 1 is 0.592 bits per heavy atom. The lowest BCUT2D eigenvalue weighted by molar-refractivity contribution is 0.102. The lowest BCUT2D eigenvalue weighted by Crippen LogP contribution is -2.38. The van der Waals surface area contributed by atoms with Crippen LogP contribution in [0, 0.1) is 23.7 Å². The Hall–Kier alpha value is -8.57. The Kier molecular flexibility index (Phi) is 15.6. The van der Waals surface area contributed by atoms with Crippen LogP contribution in [0.1, 0.15) is 31.8 Å². The summed E-state index contributed by atoms with van der Waals surface area (Å²) < 4.78 is 54.5. The number of amides is 1. The number of nitrogens with two attached hydrogens (primary N) is 1. The Bertz CT molecular complexity index is 4020. The number of anilines is 2. The molecule has 0 fully saturated rings. The number of nitrogens with zero attached hydrogens (tertiary/aromatic N) is 8. The molecule has 4 heterocycles. The monoisotopic (exact) mass is 1020 g/mol. The van der Waals surface area contributed by atoms with Crippen molar-refractivity contribution in [1.82, 2.24) is 37.4 Å². The van der Waals surface area contributed by atoms with Crippen LogP contribution < -0.4 is 33.5 Å². The van der Waals surface area contributed by atoms with E-state index in [1.165, 1.54) is 37.3 Å². The molecule has 0 spiro atoms. The van der Waals surface area contributed by atoms with E-state index in [9.17, 15) is 45.6 Å². The van der Waals surface area contributed by atoms with E-state index in [2.05, 4.69) is 39.0 Å². The maximum Gasteiger partial charge on any atom is 0.333 e. The quantitative estimate of drug-likeness (QED) is 0.132. The summed E-state index contributed by atoms with van der Waals surface area (Å²) in [4.78, 5) is 81.2. The molecule has 8 aromatic rings. The minimum Gasteiger partial charge on any atom is -0.399 e. The molecule has 8 rings (SSSR count). The number of nitrogens with one attached hydrogen (secondary N) is 1. The summed E-state index contributed by atoms with van der Waals surface area (Å²) in [5, 5.41) is 1.79.